The van der Waals surface area contributed by atoms with E-state index in [4.69, 9.17) is 4.74 Å². The van der Waals surface area contributed by atoms with Gasteiger partial charge >= 0.3 is 5.97 Å². The first kappa shape index (κ1) is 21.6. The minimum absolute atomic E-state index is 0.215. The number of nitrogens with zero attached hydrogens (tertiary/aromatic N) is 3. The number of carbonyl (C=O) groups excluding carboxylic acids is 3. The first-order chi connectivity index (χ1) is 13.8. The van der Waals surface area contributed by atoms with Crippen LogP contribution in [-0.2, 0) is 19.1 Å². The number of nitrogens with one attached hydrogen (secondary N) is 2. The third-order valence-corrected chi connectivity index (χ3v) is 3.38. The summed E-state index contributed by atoms with van der Waals surface area (Å²) in [5.41, 5.74) is -0.583. The van der Waals surface area contributed by atoms with Gasteiger partial charge in [-0.15, -0.1) is 0 Å². The molecule has 0 saturated carbocycles. The van der Waals surface area contributed by atoms with Crippen molar-refractivity contribution in [2.45, 2.75) is 0 Å². The molecule has 1 heterocycles. The number of amides is 2. The van der Waals surface area contributed by atoms with Crippen LogP contribution in [0.3, 0.4) is 0 Å². The molecule has 12 heteroatoms. The summed E-state index contributed by atoms with van der Waals surface area (Å²) >= 11 is 0. The van der Waals surface area contributed by atoms with E-state index < -0.39 is 54.1 Å². The molecule has 2 amide bonds. The fourth-order valence-corrected chi connectivity index (χ4v) is 1.99. The number of carbonyl (C=O) groups is 3. The third-order valence-electron chi connectivity index (χ3n) is 3.38. The minimum Gasteiger partial charge on any atom is -0.454 e. The normalized spacial score (nSPS) is 10.2. The van der Waals surface area contributed by atoms with Gasteiger partial charge in [-0.3, -0.25) is 14.4 Å². The summed E-state index contributed by atoms with van der Waals surface area (Å²) in [4.78, 5) is 44.3. The Morgan fingerprint density at radius 3 is 2.45 bits per heavy atom. The summed E-state index contributed by atoms with van der Waals surface area (Å²) in [5, 5.41) is 4.11. The van der Waals surface area contributed by atoms with Crippen LogP contribution in [0, 0.1) is 17.5 Å². The van der Waals surface area contributed by atoms with Crippen LogP contribution in [0.4, 0.5) is 24.8 Å². The third kappa shape index (κ3) is 6.45. The quantitative estimate of drug-likeness (QED) is 0.484. The van der Waals surface area contributed by atoms with Gasteiger partial charge < -0.3 is 20.3 Å². The van der Waals surface area contributed by atoms with Gasteiger partial charge in [-0.25, -0.2) is 23.1 Å². The van der Waals surface area contributed by atoms with Crippen molar-refractivity contribution >= 4 is 29.4 Å². The van der Waals surface area contributed by atoms with Gasteiger partial charge in [0.05, 0.1) is 12.2 Å². The standard InChI is InChI=1S/C17H16F3N5O4/c1-25(17-21-5-2-6-22-17)8-14(28)29-9-13(27)23-7-12(26)24-11-4-3-10(18)15(19)16(11)20/h2-6H,7-9H2,1H3,(H,23,27)(H,24,26). The Bertz CT molecular complexity index is 898. The second kappa shape index (κ2) is 10.0. The second-order valence-electron chi connectivity index (χ2n) is 5.61. The number of hydrogen-bond acceptors (Lipinski definition) is 7. The maximum Gasteiger partial charge on any atom is 0.326 e. The van der Waals surface area contributed by atoms with Gasteiger partial charge in [0, 0.05) is 19.4 Å². The highest BCUT2D eigenvalue weighted by atomic mass is 19.2. The molecule has 0 aliphatic heterocycles. The van der Waals surface area contributed by atoms with Crippen molar-refractivity contribution in [2.24, 2.45) is 0 Å². The molecule has 2 N–H and O–H groups in total. The van der Waals surface area contributed by atoms with Crippen molar-refractivity contribution < 1.29 is 32.3 Å². The molecule has 0 bridgehead atoms. The van der Waals surface area contributed by atoms with Gasteiger partial charge in [0.2, 0.25) is 11.9 Å². The van der Waals surface area contributed by atoms with E-state index in [0.717, 1.165) is 6.07 Å². The molecule has 0 unspecified atom stereocenters. The molecule has 2 rings (SSSR count). The molecule has 0 atom stereocenters. The topological polar surface area (TPSA) is 114 Å². The molecule has 29 heavy (non-hydrogen) atoms. The van der Waals surface area contributed by atoms with E-state index in [2.05, 4.69) is 15.3 Å². The van der Waals surface area contributed by atoms with Gasteiger partial charge in [0.1, 0.15) is 6.54 Å². The number of hydrogen-bond donors (Lipinski definition) is 2. The molecule has 2 aromatic rings. The zero-order valence-corrected chi connectivity index (χ0v) is 15.1. The van der Waals surface area contributed by atoms with Crippen molar-refractivity contribution in [2.75, 3.05) is 37.0 Å². The van der Waals surface area contributed by atoms with Crippen LogP contribution >= 0.6 is 0 Å². The monoisotopic (exact) mass is 411 g/mol. The van der Waals surface area contributed by atoms with Gasteiger partial charge in [0.25, 0.3) is 5.91 Å². The van der Waals surface area contributed by atoms with E-state index in [0.29, 0.717) is 6.07 Å². The Balaban J connectivity index is 1.72. The number of halogens is 3. The molecule has 0 fully saturated rings. The van der Waals surface area contributed by atoms with Gasteiger partial charge in [-0.1, -0.05) is 0 Å². The molecule has 0 aliphatic carbocycles. The summed E-state index contributed by atoms with van der Waals surface area (Å²) in [6.45, 7) is -1.48. The molecular formula is C17H16F3N5O4. The highest BCUT2D eigenvalue weighted by Crippen LogP contribution is 2.19. The van der Waals surface area contributed by atoms with E-state index in [1.165, 1.54) is 17.3 Å². The van der Waals surface area contributed by atoms with E-state index in [9.17, 15) is 27.6 Å². The zero-order chi connectivity index (χ0) is 21.4. The van der Waals surface area contributed by atoms with Crippen molar-refractivity contribution in [3.05, 3.63) is 48.0 Å². The Morgan fingerprint density at radius 2 is 1.76 bits per heavy atom. The largest absolute Gasteiger partial charge is 0.454 e. The highest BCUT2D eigenvalue weighted by molar-refractivity contribution is 5.95. The summed E-state index contributed by atoms with van der Waals surface area (Å²) in [7, 11) is 1.55. The molecule has 9 nitrogen and oxygen atoms in total. The van der Waals surface area contributed by atoms with E-state index in [1.807, 2.05) is 5.32 Å². The van der Waals surface area contributed by atoms with Gasteiger partial charge in [-0.2, -0.15) is 0 Å². The lowest BCUT2D eigenvalue weighted by molar-refractivity contribution is -0.147. The maximum absolute atomic E-state index is 13.5. The van der Waals surface area contributed by atoms with Crippen LogP contribution in [0.25, 0.3) is 0 Å². The average Bonchev–Trinajstić information content (AvgIpc) is 2.71. The van der Waals surface area contributed by atoms with E-state index in [-0.39, 0.29) is 12.5 Å². The van der Waals surface area contributed by atoms with Crippen LogP contribution < -0.4 is 15.5 Å². The number of ether oxygens (including phenoxy) is 1. The highest BCUT2D eigenvalue weighted by Gasteiger charge is 2.16. The van der Waals surface area contributed by atoms with Crippen molar-refractivity contribution in [1.29, 1.82) is 0 Å². The molecule has 0 saturated heterocycles. The number of aromatic nitrogens is 2. The lowest BCUT2D eigenvalue weighted by Gasteiger charge is -2.15. The predicted octanol–water partition coefficient (Wildman–Crippen LogP) is 0.628. The molecular weight excluding hydrogens is 395 g/mol. The average molecular weight is 411 g/mol. The Hall–Kier alpha value is -3.70. The lowest BCUT2D eigenvalue weighted by Crippen LogP contribution is -2.37. The lowest BCUT2D eigenvalue weighted by atomic mass is 10.2. The molecule has 1 aromatic heterocycles. The van der Waals surface area contributed by atoms with Crippen LogP contribution in [0.15, 0.2) is 30.6 Å². The number of rotatable bonds is 8. The number of benzene rings is 1. The molecule has 0 spiro atoms. The fourth-order valence-electron chi connectivity index (χ4n) is 1.99. The van der Waals surface area contributed by atoms with Crippen LogP contribution in [0.1, 0.15) is 0 Å². The molecule has 0 aliphatic rings. The van der Waals surface area contributed by atoms with E-state index >= 15 is 0 Å². The van der Waals surface area contributed by atoms with Crippen LogP contribution in [0.5, 0.6) is 0 Å². The summed E-state index contributed by atoms with van der Waals surface area (Å²) in [5.74, 6) is -6.83. The Morgan fingerprint density at radius 1 is 1.07 bits per heavy atom. The van der Waals surface area contributed by atoms with E-state index in [1.54, 1.807) is 13.1 Å². The predicted molar refractivity (Wildman–Crippen MR) is 94.2 cm³/mol. The first-order valence-corrected chi connectivity index (χ1v) is 8.11. The summed E-state index contributed by atoms with van der Waals surface area (Å²) < 4.78 is 44.2. The summed E-state index contributed by atoms with van der Waals surface area (Å²) in [6, 6.07) is 3.09. The zero-order valence-electron chi connectivity index (χ0n) is 15.1. The van der Waals surface area contributed by atoms with Crippen molar-refractivity contribution in [1.82, 2.24) is 15.3 Å². The molecule has 0 radical (unpaired) electrons. The van der Waals surface area contributed by atoms with Gasteiger partial charge in [-0.05, 0) is 18.2 Å². The first-order valence-electron chi connectivity index (χ1n) is 8.11. The van der Waals surface area contributed by atoms with Crippen molar-refractivity contribution in [3.8, 4) is 0 Å². The fraction of sp³-hybridized carbons (Fsp3) is 0.235. The number of anilines is 2. The molecule has 1 aromatic carbocycles. The number of likely N-dealkylation sites (N-methyl/N-ethyl adjacent to an activating group) is 1. The summed E-state index contributed by atoms with van der Waals surface area (Å²) in [6.07, 6.45) is 2.99. The maximum atomic E-state index is 13.5. The van der Waals surface area contributed by atoms with Crippen LogP contribution in [-0.4, -0.2) is 54.5 Å². The molecule has 154 valence electrons. The van der Waals surface area contributed by atoms with Crippen LogP contribution in [0.2, 0.25) is 0 Å². The second-order valence-corrected chi connectivity index (χ2v) is 5.61. The van der Waals surface area contributed by atoms with Gasteiger partial charge in [0.15, 0.2) is 24.1 Å². The minimum atomic E-state index is -1.73. The number of esters is 1. The SMILES string of the molecule is CN(CC(=O)OCC(=O)NCC(=O)Nc1ccc(F)c(F)c1F)c1ncccn1. The Labute approximate surface area is 162 Å². The Kier molecular flexibility index (Phi) is 7.46. The smallest absolute Gasteiger partial charge is 0.326 e. The van der Waals surface area contributed by atoms with Crippen molar-refractivity contribution in [3.63, 3.8) is 0 Å².